The van der Waals surface area contributed by atoms with E-state index in [1.807, 2.05) is 18.2 Å². The number of rotatable bonds is 2. The molecule has 16 heavy (non-hydrogen) atoms. The maximum absolute atomic E-state index is 11.2. The lowest BCUT2D eigenvalue weighted by Crippen LogP contribution is -1.97. The molecule has 0 aromatic heterocycles. The Hall–Kier alpha value is -1.05. The molecule has 0 radical (unpaired) electrons. The topological polar surface area (TPSA) is 17.1 Å². The number of carbonyl (C=O) groups is 1. The summed E-state index contributed by atoms with van der Waals surface area (Å²) in [5, 5.41) is 3.01. The molecule has 0 N–H and O–H groups in total. The maximum Gasteiger partial charge on any atom is 0.134 e. The lowest BCUT2D eigenvalue weighted by molar-refractivity contribution is -0.116. The number of halogens is 2. The highest BCUT2D eigenvalue weighted by molar-refractivity contribution is 6.42. The number of Topliss-reactive ketones (excluding diaryl/α,β-unsaturated/α-hetero) is 1. The van der Waals surface area contributed by atoms with Crippen LogP contribution in [0, 0.1) is 0 Å². The summed E-state index contributed by atoms with van der Waals surface area (Å²) < 4.78 is 0. The highest BCUT2D eigenvalue weighted by atomic mass is 35.5. The normalized spacial score (nSPS) is 10.7. The number of carbonyl (C=O) groups excluding carboxylic acids is 1. The van der Waals surface area contributed by atoms with Crippen LogP contribution in [0.5, 0.6) is 0 Å². The minimum Gasteiger partial charge on any atom is -0.300 e. The van der Waals surface area contributed by atoms with Crippen molar-refractivity contribution < 1.29 is 4.79 Å². The molecule has 0 amide bonds. The van der Waals surface area contributed by atoms with Crippen LogP contribution in [-0.4, -0.2) is 5.78 Å². The quantitative estimate of drug-likeness (QED) is 0.780. The van der Waals surface area contributed by atoms with Gasteiger partial charge >= 0.3 is 0 Å². The largest absolute Gasteiger partial charge is 0.300 e. The number of fused-ring (bicyclic) bond motifs is 1. The van der Waals surface area contributed by atoms with Crippen LogP contribution in [0.2, 0.25) is 10.0 Å². The van der Waals surface area contributed by atoms with Gasteiger partial charge < -0.3 is 0 Å². The Morgan fingerprint density at radius 1 is 1.12 bits per heavy atom. The Morgan fingerprint density at radius 3 is 2.50 bits per heavy atom. The van der Waals surface area contributed by atoms with E-state index in [1.54, 1.807) is 19.1 Å². The van der Waals surface area contributed by atoms with Crippen molar-refractivity contribution in [1.82, 2.24) is 0 Å². The van der Waals surface area contributed by atoms with E-state index in [-0.39, 0.29) is 5.78 Å². The molecule has 0 aliphatic heterocycles. The van der Waals surface area contributed by atoms with Gasteiger partial charge in [0.25, 0.3) is 0 Å². The Balaban J connectivity index is 2.74. The first kappa shape index (κ1) is 11.4. The second-order valence-electron chi connectivity index (χ2n) is 3.75. The van der Waals surface area contributed by atoms with Crippen LogP contribution in [0.4, 0.5) is 0 Å². The Bertz CT molecular complexity index is 553. The second-order valence-corrected chi connectivity index (χ2v) is 4.56. The fraction of sp³-hybridized carbons (Fsp3) is 0.154. The standard InChI is InChI=1S/C13H10Cl2O/c1-8(16)7-9-5-6-12(15)13-10(9)3-2-4-11(13)14/h2-6H,7H2,1H3. The summed E-state index contributed by atoms with van der Waals surface area (Å²) in [6, 6.07) is 9.26. The van der Waals surface area contributed by atoms with E-state index < -0.39 is 0 Å². The summed E-state index contributed by atoms with van der Waals surface area (Å²) in [6.07, 6.45) is 0.411. The molecule has 0 saturated heterocycles. The average molecular weight is 253 g/mol. The molecule has 0 bridgehead atoms. The summed E-state index contributed by atoms with van der Waals surface area (Å²) in [6.45, 7) is 1.57. The fourth-order valence-corrected chi connectivity index (χ4v) is 2.39. The molecule has 2 aromatic carbocycles. The fourth-order valence-electron chi connectivity index (χ4n) is 1.80. The van der Waals surface area contributed by atoms with Gasteiger partial charge in [0.2, 0.25) is 0 Å². The Kier molecular flexibility index (Phi) is 3.17. The lowest BCUT2D eigenvalue weighted by Gasteiger charge is -2.08. The van der Waals surface area contributed by atoms with Crippen LogP contribution in [0.1, 0.15) is 12.5 Å². The van der Waals surface area contributed by atoms with Crippen molar-refractivity contribution in [2.75, 3.05) is 0 Å². The molecular weight excluding hydrogens is 243 g/mol. The van der Waals surface area contributed by atoms with Crippen LogP contribution >= 0.6 is 23.2 Å². The number of ketones is 1. The molecule has 0 heterocycles. The predicted molar refractivity (Wildman–Crippen MR) is 68.4 cm³/mol. The molecule has 0 saturated carbocycles. The first-order chi connectivity index (χ1) is 7.59. The monoisotopic (exact) mass is 252 g/mol. The van der Waals surface area contributed by atoms with Crippen LogP contribution in [0.3, 0.4) is 0 Å². The van der Waals surface area contributed by atoms with Crippen molar-refractivity contribution in [1.29, 1.82) is 0 Å². The summed E-state index contributed by atoms with van der Waals surface area (Å²) in [5.41, 5.74) is 0.967. The molecule has 2 rings (SSSR count). The van der Waals surface area contributed by atoms with Crippen molar-refractivity contribution in [3.8, 4) is 0 Å². The van der Waals surface area contributed by atoms with Crippen molar-refractivity contribution in [2.45, 2.75) is 13.3 Å². The zero-order valence-electron chi connectivity index (χ0n) is 8.76. The molecule has 2 aromatic rings. The second kappa shape index (κ2) is 4.44. The van der Waals surface area contributed by atoms with Gasteiger partial charge in [0, 0.05) is 21.9 Å². The minimum absolute atomic E-state index is 0.128. The van der Waals surface area contributed by atoms with E-state index in [0.717, 1.165) is 16.3 Å². The van der Waals surface area contributed by atoms with Gasteiger partial charge in [-0.15, -0.1) is 0 Å². The third-order valence-corrected chi connectivity index (χ3v) is 3.10. The highest BCUT2D eigenvalue weighted by Crippen LogP contribution is 2.32. The molecule has 0 aliphatic rings. The van der Waals surface area contributed by atoms with E-state index >= 15 is 0 Å². The van der Waals surface area contributed by atoms with E-state index in [1.165, 1.54) is 0 Å². The number of hydrogen-bond donors (Lipinski definition) is 0. The third kappa shape index (κ3) is 2.06. The van der Waals surface area contributed by atoms with Crippen LogP contribution in [0.15, 0.2) is 30.3 Å². The van der Waals surface area contributed by atoms with Gasteiger partial charge in [-0.25, -0.2) is 0 Å². The van der Waals surface area contributed by atoms with E-state index in [2.05, 4.69) is 0 Å². The Labute approximate surface area is 104 Å². The van der Waals surface area contributed by atoms with Crippen LogP contribution < -0.4 is 0 Å². The lowest BCUT2D eigenvalue weighted by atomic mass is 10.0. The van der Waals surface area contributed by atoms with Gasteiger partial charge in [-0.3, -0.25) is 4.79 Å². The van der Waals surface area contributed by atoms with E-state index in [9.17, 15) is 4.79 Å². The molecule has 0 aliphatic carbocycles. The van der Waals surface area contributed by atoms with E-state index in [4.69, 9.17) is 23.2 Å². The van der Waals surface area contributed by atoms with Crippen molar-refractivity contribution in [3.63, 3.8) is 0 Å². The smallest absolute Gasteiger partial charge is 0.134 e. The van der Waals surface area contributed by atoms with Gasteiger partial charge in [-0.05, 0) is 30.0 Å². The first-order valence-corrected chi connectivity index (χ1v) is 5.70. The van der Waals surface area contributed by atoms with E-state index in [0.29, 0.717) is 16.5 Å². The number of hydrogen-bond acceptors (Lipinski definition) is 1. The zero-order valence-corrected chi connectivity index (χ0v) is 10.3. The predicted octanol–water partition coefficient (Wildman–Crippen LogP) is 4.28. The van der Waals surface area contributed by atoms with Gasteiger partial charge in [0.1, 0.15) is 5.78 Å². The minimum atomic E-state index is 0.128. The summed E-state index contributed by atoms with van der Waals surface area (Å²) >= 11 is 12.2. The highest BCUT2D eigenvalue weighted by Gasteiger charge is 2.08. The SMILES string of the molecule is CC(=O)Cc1ccc(Cl)c2c(Cl)cccc12. The molecule has 0 spiro atoms. The van der Waals surface area contributed by atoms with Gasteiger partial charge in [0.05, 0.1) is 0 Å². The van der Waals surface area contributed by atoms with Crippen molar-refractivity contribution in [2.24, 2.45) is 0 Å². The van der Waals surface area contributed by atoms with Gasteiger partial charge in [-0.1, -0.05) is 41.4 Å². The van der Waals surface area contributed by atoms with Crippen molar-refractivity contribution in [3.05, 3.63) is 45.9 Å². The molecule has 0 fully saturated rings. The molecule has 0 unspecified atom stereocenters. The maximum atomic E-state index is 11.2. The van der Waals surface area contributed by atoms with Gasteiger partial charge in [0.15, 0.2) is 0 Å². The zero-order chi connectivity index (χ0) is 11.7. The third-order valence-electron chi connectivity index (χ3n) is 2.47. The Morgan fingerprint density at radius 2 is 1.81 bits per heavy atom. The van der Waals surface area contributed by atoms with Crippen LogP contribution in [-0.2, 0) is 11.2 Å². The number of benzene rings is 2. The van der Waals surface area contributed by atoms with Gasteiger partial charge in [-0.2, -0.15) is 0 Å². The summed E-state index contributed by atoms with van der Waals surface area (Å²) in [7, 11) is 0. The summed E-state index contributed by atoms with van der Waals surface area (Å²) in [5.74, 6) is 0.128. The van der Waals surface area contributed by atoms with Crippen LogP contribution in [0.25, 0.3) is 10.8 Å². The van der Waals surface area contributed by atoms with Crippen molar-refractivity contribution >= 4 is 39.8 Å². The molecule has 0 atom stereocenters. The molecule has 1 nitrogen and oxygen atoms in total. The average Bonchev–Trinajstić information content (AvgIpc) is 2.22. The first-order valence-electron chi connectivity index (χ1n) is 4.94. The summed E-state index contributed by atoms with van der Waals surface area (Å²) in [4.78, 5) is 11.2. The molecule has 82 valence electrons. The molecule has 3 heteroatoms. The molecular formula is C13H10Cl2O.